The minimum absolute atomic E-state index is 0.362. The molecule has 3 N–H and O–H groups in total. The average molecular weight is 291 g/mol. The largest absolute Gasteiger partial charge is 0.379 e. The predicted molar refractivity (Wildman–Crippen MR) is 73.9 cm³/mol. The normalized spacial score (nSPS) is 34.3. The van der Waals surface area contributed by atoms with Crippen LogP contribution in [0.15, 0.2) is 0 Å². The molecule has 2 rings (SSSR count). The summed E-state index contributed by atoms with van der Waals surface area (Å²) in [4.78, 5) is 0. The second kappa shape index (κ2) is 6.05. The van der Waals surface area contributed by atoms with Crippen LogP contribution in [0.25, 0.3) is 0 Å². The average Bonchev–Trinajstić information content (AvgIpc) is 2.39. The molecule has 19 heavy (non-hydrogen) atoms. The van der Waals surface area contributed by atoms with Gasteiger partial charge < -0.3 is 10.5 Å². The lowest BCUT2D eigenvalue weighted by atomic mass is 9.77. The molecular formula is C12H25N3O3S. The van der Waals surface area contributed by atoms with E-state index >= 15 is 0 Å². The van der Waals surface area contributed by atoms with E-state index in [-0.39, 0.29) is 0 Å². The molecule has 1 heterocycles. The molecule has 0 spiro atoms. The van der Waals surface area contributed by atoms with E-state index in [9.17, 15) is 8.42 Å². The van der Waals surface area contributed by atoms with Crippen LogP contribution in [0.1, 0.15) is 32.6 Å². The summed E-state index contributed by atoms with van der Waals surface area (Å²) in [5, 5.41) is 0. The van der Waals surface area contributed by atoms with E-state index in [1.54, 1.807) is 0 Å². The van der Waals surface area contributed by atoms with Crippen LogP contribution in [0.5, 0.6) is 0 Å². The van der Waals surface area contributed by atoms with Gasteiger partial charge in [0.2, 0.25) is 0 Å². The van der Waals surface area contributed by atoms with Crippen molar-refractivity contribution in [3.05, 3.63) is 0 Å². The Kier molecular flexibility index (Phi) is 4.84. The van der Waals surface area contributed by atoms with Gasteiger partial charge in [-0.25, -0.2) is 0 Å². The molecule has 1 saturated heterocycles. The van der Waals surface area contributed by atoms with Crippen LogP contribution >= 0.6 is 0 Å². The topological polar surface area (TPSA) is 84.7 Å². The summed E-state index contributed by atoms with van der Waals surface area (Å²) in [5.41, 5.74) is 5.40. The Labute approximate surface area is 115 Å². The minimum Gasteiger partial charge on any atom is -0.379 e. The van der Waals surface area contributed by atoms with Gasteiger partial charge in [0.05, 0.1) is 13.2 Å². The number of ether oxygens (including phenoxy) is 1. The SMILES string of the molecule is CC1CCCC(CN)(NS(=O)(=O)N2CCOCC2)C1. The third kappa shape index (κ3) is 3.66. The smallest absolute Gasteiger partial charge is 0.280 e. The number of rotatable bonds is 4. The Morgan fingerprint density at radius 2 is 2.11 bits per heavy atom. The molecule has 2 fully saturated rings. The molecule has 2 unspecified atom stereocenters. The Morgan fingerprint density at radius 1 is 1.42 bits per heavy atom. The second-order valence-corrected chi connectivity index (χ2v) is 7.48. The number of morpholine rings is 1. The molecule has 0 amide bonds. The fourth-order valence-corrected chi connectivity index (χ4v) is 4.68. The quantitative estimate of drug-likeness (QED) is 0.767. The zero-order chi connectivity index (χ0) is 13.9. The maximum Gasteiger partial charge on any atom is 0.280 e. The minimum atomic E-state index is -3.45. The summed E-state index contributed by atoms with van der Waals surface area (Å²) in [6, 6.07) is 0. The number of nitrogens with two attached hydrogens (primary N) is 1. The van der Waals surface area contributed by atoms with Gasteiger partial charge in [0.25, 0.3) is 10.2 Å². The van der Waals surface area contributed by atoms with Crippen molar-refractivity contribution in [3.8, 4) is 0 Å². The number of nitrogens with one attached hydrogen (secondary N) is 1. The van der Waals surface area contributed by atoms with Crippen molar-refractivity contribution in [3.63, 3.8) is 0 Å². The van der Waals surface area contributed by atoms with Crippen molar-refractivity contribution < 1.29 is 13.2 Å². The van der Waals surface area contributed by atoms with E-state index in [2.05, 4.69) is 11.6 Å². The van der Waals surface area contributed by atoms with Crippen molar-refractivity contribution in [2.45, 2.75) is 38.1 Å². The molecule has 1 aliphatic heterocycles. The highest BCUT2D eigenvalue weighted by Gasteiger charge is 2.39. The first kappa shape index (κ1) is 15.2. The van der Waals surface area contributed by atoms with E-state index in [1.807, 2.05) is 0 Å². The molecular weight excluding hydrogens is 266 g/mol. The van der Waals surface area contributed by atoms with Gasteiger partial charge in [0.15, 0.2) is 0 Å². The highest BCUT2D eigenvalue weighted by atomic mass is 32.2. The summed E-state index contributed by atoms with van der Waals surface area (Å²) in [6.07, 6.45) is 3.84. The lowest BCUT2D eigenvalue weighted by molar-refractivity contribution is 0.0714. The van der Waals surface area contributed by atoms with Crippen LogP contribution in [-0.4, -0.2) is 51.1 Å². The molecule has 6 nitrogen and oxygen atoms in total. The summed E-state index contributed by atoms with van der Waals surface area (Å²) >= 11 is 0. The first-order valence-corrected chi connectivity index (χ1v) is 8.48. The van der Waals surface area contributed by atoms with Crippen LogP contribution in [0.2, 0.25) is 0 Å². The van der Waals surface area contributed by atoms with Gasteiger partial charge in [0.1, 0.15) is 0 Å². The lowest BCUT2D eigenvalue weighted by Gasteiger charge is -2.41. The van der Waals surface area contributed by atoms with Crippen LogP contribution in [0, 0.1) is 5.92 Å². The number of nitrogens with zero attached hydrogens (tertiary/aromatic N) is 1. The predicted octanol–water partition coefficient (Wildman–Crippen LogP) is 0.0606. The number of hydrogen-bond donors (Lipinski definition) is 2. The van der Waals surface area contributed by atoms with Gasteiger partial charge in [-0.1, -0.05) is 19.8 Å². The highest BCUT2D eigenvalue weighted by Crippen LogP contribution is 2.32. The summed E-state index contributed by atoms with van der Waals surface area (Å²) in [6.45, 7) is 4.30. The van der Waals surface area contributed by atoms with Crippen molar-refractivity contribution in [2.75, 3.05) is 32.8 Å². The molecule has 0 radical (unpaired) electrons. The van der Waals surface area contributed by atoms with Crippen molar-refractivity contribution in [2.24, 2.45) is 11.7 Å². The first-order chi connectivity index (χ1) is 8.97. The fraction of sp³-hybridized carbons (Fsp3) is 1.00. The Hall–Kier alpha value is -0.210. The third-order valence-electron chi connectivity index (χ3n) is 4.14. The first-order valence-electron chi connectivity index (χ1n) is 7.04. The van der Waals surface area contributed by atoms with Crippen LogP contribution in [0.3, 0.4) is 0 Å². The maximum atomic E-state index is 12.4. The fourth-order valence-electron chi connectivity index (χ4n) is 3.10. The van der Waals surface area contributed by atoms with Gasteiger partial charge in [-0.05, 0) is 18.8 Å². The van der Waals surface area contributed by atoms with Crippen molar-refractivity contribution >= 4 is 10.2 Å². The summed E-state index contributed by atoms with van der Waals surface area (Å²) < 4.78 is 34.4. The Balaban J connectivity index is 2.07. The van der Waals surface area contributed by atoms with Gasteiger partial charge in [-0.2, -0.15) is 17.4 Å². The molecule has 1 aliphatic carbocycles. The molecule has 7 heteroatoms. The van der Waals surface area contributed by atoms with Gasteiger partial charge in [-0.3, -0.25) is 0 Å². The van der Waals surface area contributed by atoms with E-state index in [0.29, 0.717) is 38.8 Å². The van der Waals surface area contributed by atoms with Crippen molar-refractivity contribution in [1.29, 1.82) is 0 Å². The van der Waals surface area contributed by atoms with Crippen LogP contribution < -0.4 is 10.5 Å². The zero-order valence-electron chi connectivity index (χ0n) is 11.6. The molecule has 2 aliphatic rings. The molecule has 0 aromatic carbocycles. The molecule has 0 bridgehead atoms. The zero-order valence-corrected chi connectivity index (χ0v) is 12.4. The molecule has 0 aromatic rings. The highest BCUT2D eigenvalue weighted by molar-refractivity contribution is 7.87. The summed E-state index contributed by atoms with van der Waals surface area (Å²) in [7, 11) is -3.45. The van der Waals surface area contributed by atoms with E-state index < -0.39 is 15.7 Å². The van der Waals surface area contributed by atoms with Gasteiger partial charge in [0, 0.05) is 25.2 Å². The Morgan fingerprint density at radius 3 is 2.68 bits per heavy atom. The number of hydrogen-bond acceptors (Lipinski definition) is 4. The van der Waals surface area contributed by atoms with Gasteiger partial charge in [-0.15, -0.1) is 0 Å². The van der Waals surface area contributed by atoms with E-state index in [1.165, 1.54) is 4.31 Å². The van der Waals surface area contributed by atoms with Crippen LogP contribution in [0.4, 0.5) is 0 Å². The van der Waals surface area contributed by atoms with Crippen LogP contribution in [-0.2, 0) is 14.9 Å². The maximum absolute atomic E-state index is 12.4. The molecule has 0 aromatic heterocycles. The van der Waals surface area contributed by atoms with Crippen molar-refractivity contribution in [1.82, 2.24) is 9.03 Å². The standard InChI is InChI=1S/C12H25N3O3S/c1-11-3-2-4-12(9-11,10-13)14-19(16,17)15-5-7-18-8-6-15/h11,14H,2-10,13H2,1H3. The lowest BCUT2D eigenvalue weighted by Crippen LogP contribution is -2.60. The second-order valence-electron chi connectivity index (χ2n) is 5.80. The van der Waals surface area contributed by atoms with E-state index in [4.69, 9.17) is 10.5 Å². The third-order valence-corrected chi connectivity index (χ3v) is 5.87. The van der Waals surface area contributed by atoms with Gasteiger partial charge >= 0.3 is 0 Å². The molecule has 112 valence electrons. The van der Waals surface area contributed by atoms with E-state index in [0.717, 1.165) is 25.7 Å². The Bertz CT molecular complexity index is 395. The summed E-state index contributed by atoms with van der Waals surface area (Å²) in [5.74, 6) is 0.518. The molecule has 2 atom stereocenters. The monoisotopic (exact) mass is 291 g/mol. The molecule has 1 saturated carbocycles.